The monoisotopic (exact) mass is 491 g/mol. The quantitative estimate of drug-likeness (QED) is 0.549. The van der Waals surface area contributed by atoms with Crippen LogP contribution in [0, 0.1) is 12.8 Å². The summed E-state index contributed by atoms with van der Waals surface area (Å²) in [5.41, 5.74) is 4.14. The van der Waals surface area contributed by atoms with Crippen molar-refractivity contribution in [1.29, 1.82) is 0 Å². The maximum atomic E-state index is 12.2. The Morgan fingerprint density at radius 3 is 2.61 bits per heavy atom. The first-order valence-corrected chi connectivity index (χ1v) is 13.2. The first-order valence-electron chi connectivity index (χ1n) is 13.2. The van der Waals surface area contributed by atoms with Crippen molar-refractivity contribution >= 4 is 35.5 Å². The molecule has 1 aromatic heterocycles. The molecule has 0 spiro atoms. The molecule has 2 amide bonds. The topological polar surface area (TPSA) is 93.7 Å². The first-order chi connectivity index (χ1) is 17.5. The van der Waals surface area contributed by atoms with Crippen LogP contribution < -0.4 is 20.4 Å². The van der Waals surface area contributed by atoms with Crippen molar-refractivity contribution in [2.24, 2.45) is 5.92 Å². The number of aromatic nitrogens is 2. The summed E-state index contributed by atoms with van der Waals surface area (Å²) in [6.45, 7) is 6.98. The Hall–Kier alpha value is -3.20. The number of nitrogens with zero attached hydrogens (tertiary/aromatic N) is 5. The number of hydrogen-bond acceptors (Lipinski definition) is 7. The lowest BCUT2D eigenvalue weighted by atomic mass is 9.99. The molecule has 1 aliphatic carbocycles. The fraction of sp³-hybridized carbons (Fsp3) is 0.556. The Balaban J connectivity index is 1.39. The molecule has 5 rings (SSSR count). The van der Waals surface area contributed by atoms with E-state index in [1.54, 1.807) is 11.1 Å². The van der Waals surface area contributed by atoms with Gasteiger partial charge in [-0.15, -0.1) is 0 Å². The lowest BCUT2D eigenvalue weighted by Crippen LogP contribution is -2.44. The zero-order valence-corrected chi connectivity index (χ0v) is 21.4. The summed E-state index contributed by atoms with van der Waals surface area (Å²) in [4.78, 5) is 40.4. The van der Waals surface area contributed by atoms with Gasteiger partial charge in [-0.2, -0.15) is 4.98 Å². The Labute approximate surface area is 213 Å². The van der Waals surface area contributed by atoms with E-state index in [4.69, 9.17) is 4.98 Å². The summed E-state index contributed by atoms with van der Waals surface area (Å²) in [7, 11) is 2.16. The van der Waals surface area contributed by atoms with Gasteiger partial charge in [-0.1, -0.05) is 12.8 Å². The minimum atomic E-state index is -0.104. The van der Waals surface area contributed by atoms with E-state index in [0.717, 1.165) is 81.5 Å². The molecule has 1 aromatic carbocycles. The summed E-state index contributed by atoms with van der Waals surface area (Å²) in [6.07, 6.45) is 8.20. The van der Waals surface area contributed by atoms with E-state index in [1.807, 2.05) is 0 Å². The van der Waals surface area contributed by atoms with Crippen molar-refractivity contribution < 1.29 is 9.59 Å². The van der Waals surface area contributed by atoms with E-state index in [9.17, 15) is 9.59 Å². The number of aryl methyl sites for hydroxylation is 1. The molecule has 0 unspecified atom stereocenters. The predicted octanol–water partition coefficient (Wildman–Crippen LogP) is 2.86. The Bertz CT molecular complexity index is 1090. The second-order valence-corrected chi connectivity index (χ2v) is 10.4. The molecule has 3 fully saturated rings. The van der Waals surface area contributed by atoms with Crippen molar-refractivity contribution in [1.82, 2.24) is 20.2 Å². The fourth-order valence-electron chi connectivity index (χ4n) is 5.59. The number of nitrogens with one attached hydrogen (secondary N) is 2. The highest BCUT2D eigenvalue weighted by Crippen LogP contribution is 2.32. The third kappa shape index (κ3) is 5.31. The average molecular weight is 492 g/mol. The van der Waals surface area contributed by atoms with Gasteiger partial charge < -0.3 is 20.4 Å². The maximum absolute atomic E-state index is 12.2. The van der Waals surface area contributed by atoms with Crippen molar-refractivity contribution in [2.45, 2.75) is 51.5 Å². The van der Waals surface area contributed by atoms with Gasteiger partial charge in [0.25, 0.3) is 0 Å². The first kappa shape index (κ1) is 24.5. The molecule has 2 N–H and O–H groups in total. The van der Waals surface area contributed by atoms with Crippen molar-refractivity contribution in [3.8, 4) is 0 Å². The molecule has 9 nitrogen and oxygen atoms in total. The van der Waals surface area contributed by atoms with Crippen LogP contribution in [-0.4, -0.2) is 73.0 Å². The number of carbonyl (C=O) groups excluding carboxylic acids is 2. The molecule has 192 valence electrons. The van der Waals surface area contributed by atoms with Gasteiger partial charge in [0.1, 0.15) is 5.82 Å². The molecule has 3 aliphatic rings. The van der Waals surface area contributed by atoms with Crippen LogP contribution in [0.15, 0.2) is 24.4 Å². The molecular formula is C27H37N7O2. The summed E-state index contributed by atoms with van der Waals surface area (Å²) < 4.78 is 0. The molecule has 0 radical (unpaired) electrons. The van der Waals surface area contributed by atoms with Gasteiger partial charge in [-0.05, 0) is 63.4 Å². The second kappa shape index (κ2) is 10.8. The van der Waals surface area contributed by atoms with E-state index in [0.29, 0.717) is 24.7 Å². The molecule has 36 heavy (non-hydrogen) atoms. The van der Waals surface area contributed by atoms with Crippen LogP contribution in [0.4, 0.5) is 23.1 Å². The summed E-state index contributed by atoms with van der Waals surface area (Å²) in [5.74, 6) is 1.05. The van der Waals surface area contributed by atoms with E-state index in [1.165, 1.54) is 5.69 Å². The SMILES string of the molecule is Cc1cc(N2CCN(C)CC2)ccc1Nc1ncc(C[C@@H]2CCNC2=O)c(N(C=O)C2CCCC2)n1. The maximum Gasteiger partial charge on any atom is 0.229 e. The molecule has 0 bridgehead atoms. The zero-order valence-electron chi connectivity index (χ0n) is 21.4. The third-order valence-corrected chi connectivity index (χ3v) is 7.87. The highest BCUT2D eigenvalue weighted by molar-refractivity contribution is 5.82. The van der Waals surface area contributed by atoms with E-state index >= 15 is 0 Å². The Kier molecular flexibility index (Phi) is 7.36. The highest BCUT2D eigenvalue weighted by Gasteiger charge is 2.30. The number of hydrogen-bond donors (Lipinski definition) is 2. The van der Waals surface area contributed by atoms with Crippen LogP contribution in [0.3, 0.4) is 0 Å². The highest BCUT2D eigenvalue weighted by atomic mass is 16.2. The average Bonchev–Trinajstić information content (AvgIpc) is 3.55. The van der Waals surface area contributed by atoms with Crippen LogP contribution in [0.1, 0.15) is 43.2 Å². The van der Waals surface area contributed by atoms with Crippen LogP contribution >= 0.6 is 0 Å². The van der Waals surface area contributed by atoms with E-state index in [2.05, 4.69) is 57.6 Å². The lowest BCUT2D eigenvalue weighted by molar-refractivity contribution is -0.122. The summed E-state index contributed by atoms with van der Waals surface area (Å²) in [5, 5.41) is 6.29. The number of benzene rings is 1. The molecule has 1 atom stereocenters. The molecule has 2 aromatic rings. The second-order valence-electron chi connectivity index (χ2n) is 10.4. The lowest BCUT2D eigenvalue weighted by Gasteiger charge is -2.34. The van der Waals surface area contributed by atoms with Crippen molar-refractivity contribution in [2.75, 3.05) is 54.9 Å². The summed E-state index contributed by atoms with van der Waals surface area (Å²) >= 11 is 0. The van der Waals surface area contributed by atoms with E-state index < -0.39 is 0 Å². The summed E-state index contributed by atoms with van der Waals surface area (Å²) in [6, 6.07) is 6.58. The van der Waals surface area contributed by atoms with Crippen molar-refractivity contribution in [3.05, 3.63) is 35.5 Å². The number of amides is 2. The number of carbonyl (C=O) groups is 2. The van der Waals surface area contributed by atoms with Gasteiger partial charge in [0, 0.05) is 67.8 Å². The smallest absolute Gasteiger partial charge is 0.229 e. The van der Waals surface area contributed by atoms with Crippen LogP contribution in [0.5, 0.6) is 0 Å². The number of piperazine rings is 1. The molecule has 3 heterocycles. The molecule has 1 saturated carbocycles. The Morgan fingerprint density at radius 2 is 1.94 bits per heavy atom. The molecular weight excluding hydrogens is 454 g/mol. The van der Waals surface area contributed by atoms with Crippen LogP contribution in [0.25, 0.3) is 0 Å². The molecule has 2 saturated heterocycles. The molecule has 2 aliphatic heterocycles. The Morgan fingerprint density at radius 1 is 1.17 bits per heavy atom. The van der Waals surface area contributed by atoms with Gasteiger partial charge >= 0.3 is 0 Å². The number of rotatable bonds is 8. The van der Waals surface area contributed by atoms with Gasteiger partial charge in [0.2, 0.25) is 18.3 Å². The normalized spacial score (nSPS) is 21.0. The third-order valence-electron chi connectivity index (χ3n) is 7.87. The van der Waals surface area contributed by atoms with Gasteiger partial charge in [-0.3, -0.25) is 14.5 Å². The van der Waals surface area contributed by atoms with E-state index in [-0.39, 0.29) is 17.9 Å². The van der Waals surface area contributed by atoms with Crippen LogP contribution in [-0.2, 0) is 16.0 Å². The largest absolute Gasteiger partial charge is 0.369 e. The zero-order chi connectivity index (χ0) is 25.1. The fourth-order valence-corrected chi connectivity index (χ4v) is 5.59. The number of likely N-dealkylation sites (N-methyl/N-ethyl adjacent to an activating group) is 1. The minimum Gasteiger partial charge on any atom is -0.369 e. The van der Waals surface area contributed by atoms with Crippen LogP contribution in [0.2, 0.25) is 0 Å². The van der Waals surface area contributed by atoms with Gasteiger partial charge in [-0.25, -0.2) is 4.98 Å². The van der Waals surface area contributed by atoms with Crippen molar-refractivity contribution in [3.63, 3.8) is 0 Å². The molecule has 9 heteroatoms. The van der Waals surface area contributed by atoms with Gasteiger partial charge in [0.05, 0.1) is 0 Å². The van der Waals surface area contributed by atoms with Gasteiger partial charge in [0.15, 0.2) is 0 Å². The minimum absolute atomic E-state index is 0.0673. The predicted molar refractivity (Wildman–Crippen MR) is 142 cm³/mol. The number of anilines is 4. The standard InChI is InChI=1S/C27H37N7O2/c1-19-15-23(33-13-11-32(2)12-14-33)7-8-24(19)30-27-29-17-21(16-20-9-10-28-26(20)36)25(31-27)34(18-35)22-5-3-4-6-22/h7-8,15,17-18,20,22H,3-6,9-14,16H2,1-2H3,(H,28,36)(H,29,30,31)/t20-/m0/s1.